The number of nitrogens with zero attached hydrogens (tertiary/aromatic N) is 1. The summed E-state index contributed by atoms with van der Waals surface area (Å²) in [6.45, 7) is 0. The van der Waals surface area contributed by atoms with Crippen LogP contribution in [0.25, 0.3) is 0 Å². The van der Waals surface area contributed by atoms with Crippen molar-refractivity contribution in [1.29, 1.82) is 0 Å². The number of aromatic carboxylic acids is 1. The summed E-state index contributed by atoms with van der Waals surface area (Å²) < 4.78 is 5.26. The Bertz CT molecular complexity index is 667. The molecule has 2 saturated heterocycles. The molecule has 0 bridgehead atoms. The highest BCUT2D eigenvalue weighted by Gasteiger charge is 2.47. The number of para-hydroxylation sites is 1. The molecule has 9 heteroatoms. The SMILES string of the molecule is COc1c(NC2CC(N)NC3NN(C)C(=O)C23)cccc1C(=O)O. The number of hydrazine groups is 1. The highest BCUT2D eigenvalue weighted by Crippen LogP contribution is 2.33. The second-order valence-electron chi connectivity index (χ2n) is 5.98. The normalized spacial score (nSPS) is 29.3. The molecule has 2 aliphatic rings. The maximum Gasteiger partial charge on any atom is 0.339 e. The van der Waals surface area contributed by atoms with E-state index in [1.807, 2.05) is 0 Å². The molecule has 1 aromatic rings. The summed E-state index contributed by atoms with van der Waals surface area (Å²) in [7, 11) is 3.08. The highest BCUT2D eigenvalue weighted by atomic mass is 16.5. The number of ether oxygens (including phenoxy) is 1. The van der Waals surface area contributed by atoms with Gasteiger partial charge in [0.05, 0.1) is 31.0 Å². The minimum Gasteiger partial charge on any atom is -0.494 e. The number of methoxy groups -OCH3 is 1. The average Bonchev–Trinajstić information content (AvgIpc) is 2.81. The van der Waals surface area contributed by atoms with Crippen LogP contribution in [0.5, 0.6) is 5.75 Å². The first-order valence-electron chi connectivity index (χ1n) is 7.64. The van der Waals surface area contributed by atoms with Crippen LogP contribution in [0.1, 0.15) is 16.8 Å². The predicted octanol–water partition coefficient (Wildman–Crippen LogP) is -0.629. The number of nitrogens with two attached hydrogens (primary N) is 1. The Labute approximate surface area is 139 Å². The van der Waals surface area contributed by atoms with Crippen LogP contribution in [-0.4, -0.2) is 54.5 Å². The van der Waals surface area contributed by atoms with Crippen molar-refractivity contribution in [2.75, 3.05) is 19.5 Å². The predicted molar refractivity (Wildman–Crippen MR) is 86.3 cm³/mol. The zero-order valence-corrected chi connectivity index (χ0v) is 13.4. The number of fused-ring (bicyclic) bond motifs is 1. The van der Waals surface area contributed by atoms with E-state index in [4.69, 9.17) is 10.5 Å². The van der Waals surface area contributed by atoms with Gasteiger partial charge in [-0.15, -0.1) is 0 Å². The van der Waals surface area contributed by atoms with Gasteiger partial charge in [0.25, 0.3) is 0 Å². The van der Waals surface area contributed by atoms with Crippen molar-refractivity contribution >= 4 is 17.6 Å². The first-order valence-corrected chi connectivity index (χ1v) is 7.64. The van der Waals surface area contributed by atoms with Crippen molar-refractivity contribution in [3.8, 4) is 5.75 Å². The van der Waals surface area contributed by atoms with Gasteiger partial charge in [0.1, 0.15) is 5.56 Å². The van der Waals surface area contributed by atoms with Crippen LogP contribution >= 0.6 is 0 Å². The number of nitrogens with one attached hydrogen (secondary N) is 3. The van der Waals surface area contributed by atoms with Crippen molar-refractivity contribution in [3.63, 3.8) is 0 Å². The van der Waals surface area contributed by atoms with Crippen LogP contribution in [0.15, 0.2) is 18.2 Å². The Kier molecular flexibility index (Phi) is 4.31. The summed E-state index contributed by atoms with van der Waals surface area (Å²) in [5.74, 6) is -1.24. The lowest BCUT2D eigenvalue weighted by Crippen LogP contribution is -2.61. The minimum absolute atomic E-state index is 0.0507. The number of hydrogen-bond donors (Lipinski definition) is 5. The Morgan fingerprint density at radius 1 is 1.50 bits per heavy atom. The number of carbonyl (C=O) groups excluding carboxylic acids is 1. The molecule has 3 rings (SSSR count). The van der Waals surface area contributed by atoms with E-state index in [9.17, 15) is 14.7 Å². The fourth-order valence-corrected chi connectivity index (χ4v) is 3.37. The van der Waals surface area contributed by atoms with Gasteiger partial charge in [-0.3, -0.25) is 15.1 Å². The van der Waals surface area contributed by atoms with Crippen LogP contribution in [0.4, 0.5) is 5.69 Å². The Morgan fingerprint density at radius 2 is 2.25 bits per heavy atom. The van der Waals surface area contributed by atoms with Crippen LogP contribution in [0.3, 0.4) is 0 Å². The number of amides is 1. The van der Waals surface area contributed by atoms with Gasteiger partial charge in [0.15, 0.2) is 5.75 Å². The van der Waals surface area contributed by atoms with Crippen molar-refractivity contribution < 1.29 is 19.4 Å². The smallest absolute Gasteiger partial charge is 0.339 e. The third-order valence-corrected chi connectivity index (χ3v) is 4.43. The van der Waals surface area contributed by atoms with Crippen LogP contribution in [0.2, 0.25) is 0 Å². The summed E-state index contributed by atoms with van der Waals surface area (Å²) in [5.41, 5.74) is 9.65. The van der Waals surface area contributed by atoms with Crippen LogP contribution in [0, 0.1) is 5.92 Å². The second-order valence-corrected chi connectivity index (χ2v) is 5.98. The van der Waals surface area contributed by atoms with E-state index in [0.717, 1.165) is 0 Å². The third kappa shape index (κ3) is 2.77. The molecule has 0 radical (unpaired) electrons. The van der Waals surface area contributed by atoms with Crippen LogP contribution in [-0.2, 0) is 4.79 Å². The Hall–Kier alpha value is -2.36. The molecular formula is C15H21N5O4. The fourth-order valence-electron chi connectivity index (χ4n) is 3.37. The van der Waals surface area contributed by atoms with Crippen LogP contribution < -0.4 is 26.5 Å². The van der Waals surface area contributed by atoms with Gasteiger partial charge >= 0.3 is 5.97 Å². The lowest BCUT2D eigenvalue weighted by molar-refractivity contribution is -0.131. The first-order chi connectivity index (χ1) is 11.4. The molecule has 1 aromatic carbocycles. The monoisotopic (exact) mass is 335 g/mol. The van der Waals surface area contributed by atoms with Gasteiger partial charge < -0.3 is 20.9 Å². The number of piperidine rings is 1. The largest absolute Gasteiger partial charge is 0.494 e. The van der Waals surface area contributed by atoms with Gasteiger partial charge in [-0.25, -0.2) is 10.2 Å². The molecule has 0 aliphatic carbocycles. The first kappa shape index (κ1) is 16.5. The number of carboxylic acids is 1. The molecule has 9 nitrogen and oxygen atoms in total. The molecule has 130 valence electrons. The molecule has 0 aromatic heterocycles. The number of carbonyl (C=O) groups is 2. The lowest BCUT2D eigenvalue weighted by atomic mass is 9.89. The van der Waals surface area contributed by atoms with E-state index in [-0.39, 0.29) is 41.5 Å². The zero-order chi connectivity index (χ0) is 17.4. The Balaban J connectivity index is 1.91. The lowest BCUT2D eigenvalue weighted by Gasteiger charge is -2.37. The van der Waals surface area contributed by atoms with E-state index in [1.54, 1.807) is 19.2 Å². The maximum atomic E-state index is 12.4. The summed E-state index contributed by atoms with van der Waals surface area (Å²) in [4.78, 5) is 23.7. The molecule has 24 heavy (non-hydrogen) atoms. The molecule has 4 unspecified atom stereocenters. The summed E-state index contributed by atoms with van der Waals surface area (Å²) in [5, 5.41) is 17.1. The summed E-state index contributed by atoms with van der Waals surface area (Å²) in [6, 6.07) is 4.58. The molecule has 0 saturated carbocycles. The van der Waals surface area contributed by atoms with Crippen molar-refractivity contribution in [2.45, 2.75) is 24.8 Å². The number of hydrogen-bond acceptors (Lipinski definition) is 7. The van der Waals surface area contributed by atoms with Crippen molar-refractivity contribution in [3.05, 3.63) is 23.8 Å². The summed E-state index contributed by atoms with van der Waals surface area (Å²) in [6.07, 6.45) is -0.0373. The molecule has 6 N–H and O–H groups in total. The van der Waals surface area contributed by atoms with Gasteiger partial charge in [0.2, 0.25) is 5.91 Å². The van der Waals surface area contributed by atoms with E-state index in [0.29, 0.717) is 12.1 Å². The number of benzene rings is 1. The van der Waals surface area contributed by atoms with Crippen molar-refractivity contribution in [2.24, 2.45) is 11.7 Å². The molecule has 0 spiro atoms. The average molecular weight is 335 g/mol. The van der Waals surface area contributed by atoms with Gasteiger partial charge in [-0.2, -0.15) is 0 Å². The maximum absolute atomic E-state index is 12.4. The molecule has 4 atom stereocenters. The molecule has 1 amide bonds. The third-order valence-electron chi connectivity index (χ3n) is 4.43. The molecular weight excluding hydrogens is 314 g/mol. The minimum atomic E-state index is -1.08. The van der Waals surface area contributed by atoms with E-state index < -0.39 is 5.97 Å². The topological polar surface area (TPSA) is 129 Å². The number of anilines is 1. The summed E-state index contributed by atoms with van der Waals surface area (Å²) >= 11 is 0. The number of rotatable bonds is 4. The zero-order valence-electron chi connectivity index (χ0n) is 13.4. The highest BCUT2D eigenvalue weighted by molar-refractivity contribution is 5.93. The molecule has 2 fully saturated rings. The van der Waals surface area contributed by atoms with Crippen molar-refractivity contribution in [1.82, 2.24) is 15.8 Å². The quantitative estimate of drug-likeness (QED) is 0.492. The molecule has 2 aliphatic heterocycles. The standard InChI is InChI=1S/C15H21N5O4/c1-20-14(21)11-9(6-10(16)18-13(11)19-20)17-8-5-3-4-7(15(22)23)12(8)24-2/h3-5,9-11,13,17-19H,6,16H2,1-2H3,(H,22,23). The fraction of sp³-hybridized carbons (Fsp3) is 0.467. The Morgan fingerprint density at radius 3 is 2.92 bits per heavy atom. The van der Waals surface area contributed by atoms with E-state index >= 15 is 0 Å². The van der Waals surface area contributed by atoms with Gasteiger partial charge in [-0.1, -0.05) is 6.07 Å². The molecule has 2 heterocycles. The van der Waals surface area contributed by atoms with E-state index in [1.165, 1.54) is 18.2 Å². The second kappa shape index (κ2) is 6.27. The van der Waals surface area contributed by atoms with Gasteiger partial charge in [0, 0.05) is 13.1 Å². The number of carboxylic acid groups (broad SMARTS) is 1. The van der Waals surface area contributed by atoms with Gasteiger partial charge in [-0.05, 0) is 18.6 Å². The van der Waals surface area contributed by atoms with E-state index in [2.05, 4.69) is 16.1 Å².